The van der Waals surface area contributed by atoms with E-state index in [1.165, 1.54) is 6.07 Å². The molecule has 1 atom stereocenters. The predicted molar refractivity (Wildman–Crippen MR) is 85.8 cm³/mol. The highest BCUT2D eigenvalue weighted by Gasteiger charge is 2.31. The first-order valence-electron chi connectivity index (χ1n) is 7.39. The number of halogens is 1. The molecular formula is C15H22FN3O3S. The summed E-state index contributed by atoms with van der Waals surface area (Å²) in [7, 11) is -3.94. The highest BCUT2D eigenvalue weighted by atomic mass is 32.2. The molecule has 1 aliphatic rings. The number of carbonyl (C=O) groups excluding carboxylic acids is 1. The smallest absolute Gasteiger partial charge is 0.243 e. The number of sulfonamides is 1. The summed E-state index contributed by atoms with van der Waals surface area (Å²) in [4.78, 5) is 11.6. The molecule has 0 aliphatic heterocycles. The number of rotatable bonds is 5. The van der Waals surface area contributed by atoms with Crippen LogP contribution >= 0.6 is 0 Å². The second-order valence-electron chi connectivity index (χ2n) is 6.87. The van der Waals surface area contributed by atoms with Gasteiger partial charge in [0.15, 0.2) is 0 Å². The third-order valence-electron chi connectivity index (χ3n) is 3.60. The minimum absolute atomic E-state index is 0.132. The highest BCUT2D eigenvalue weighted by molar-refractivity contribution is 7.89. The number of nitrogens with two attached hydrogens (primary N) is 1. The summed E-state index contributed by atoms with van der Waals surface area (Å²) >= 11 is 0. The van der Waals surface area contributed by atoms with Crippen molar-refractivity contribution in [2.75, 3.05) is 5.32 Å². The molecule has 4 N–H and O–H groups in total. The molecule has 2 rings (SSSR count). The summed E-state index contributed by atoms with van der Waals surface area (Å²) in [5.74, 6) is -1.32. The molecule has 0 saturated heterocycles. The fraction of sp³-hybridized carbons (Fsp3) is 0.533. The molecule has 1 aliphatic carbocycles. The van der Waals surface area contributed by atoms with E-state index >= 15 is 0 Å². The summed E-state index contributed by atoms with van der Waals surface area (Å²) in [5.41, 5.74) is 5.59. The van der Waals surface area contributed by atoms with Gasteiger partial charge in [0.05, 0.1) is 6.04 Å². The molecule has 8 heteroatoms. The molecule has 23 heavy (non-hydrogen) atoms. The van der Waals surface area contributed by atoms with Crippen LogP contribution in [0.2, 0.25) is 0 Å². The van der Waals surface area contributed by atoms with Gasteiger partial charge in [-0.25, -0.2) is 17.5 Å². The second-order valence-corrected chi connectivity index (χ2v) is 8.56. The third kappa shape index (κ3) is 4.49. The number of anilines is 1. The van der Waals surface area contributed by atoms with Crippen molar-refractivity contribution in [3.63, 3.8) is 0 Å². The number of benzene rings is 1. The van der Waals surface area contributed by atoms with Crippen LogP contribution < -0.4 is 15.8 Å². The van der Waals surface area contributed by atoms with Gasteiger partial charge >= 0.3 is 0 Å². The van der Waals surface area contributed by atoms with Crippen molar-refractivity contribution in [3.05, 3.63) is 24.0 Å². The molecule has 1 amide bonds. The Kier molecular flexibility index (Phi) is 4.79. The van der Waals surface area contributed by atoms with Crippen molar-refractivity contribution in [1.82, 2.24) is 4.72 Å². The topological polar surface area (TPSA) is 101 Å². The molecule has 1 aromatic rings. The van der Waals surface area contributed by atoms with E-state index in [1.54, 1.807) is 0 Å². The van der Waals surface area contributed by atoms with Gasteiger partial charge in [0.1, 0.15) is 10.7 Å². The van der Waals surface area contributed by atoms with Crippen LogP contribution in [0.4, 0.5) is 10.1 Å². The lowest BCUT2D eigenvalue weighted by Gasteiger charge is -2.25. The van der Waals surface area contributed by atoms with Crippen LogP contribution in [0, 0.1) is 11.2 Å². The van der Waals surface area contributed by atoms with Gasteiger partial charge in [-0.15, -0.1) is 0 Å². The molecule has 1 fully saturated rings. The van der Waals surface area contributed by atoms with E-state index in [4.69, 9.17) is 5.73 Å². The van der Waals surface area contributed by atoms with Crippen molar-refractivity contribution in [2.24, 2.45) is 11.1 Å². The van der Waals surface area contributed by atoms with Crippen molar-refractivity contribution in [1.29, 1.82) is 0 Å². The number of amides is 1. The largest absolute Gasteiger partial charge is 0.325 e. The van der Waals surface area contributed by atoms with Crippen molar-refractivity contribution < 1.29 is 17.6 Å². The quantitative estimate of drug-likeness (QED) is 0.755. The van der Waals surface area contributed by atoms with E-state index in [0.29, 0.717) is 0 Å². The van der Waals surface area contributed by atoms with Crippen LogP contribution in [0.15, 0.2) is 23.1 Å². The van der Waals surface area contributed by atoms with Crippen LogP contribution in [0.1, 0.15) is 33.6 Å². The minimum Gasteiger partial charge on any atom is -0.325 e. The van der Waals surface area contributed by atoms with Gasteiger partial charge in [0, 0.05) is 11.7 Å². The predicted octanol–water partition coefficient (Wildman–Crippen LogP) is 1.58. The molecule has 128 valence electrons. The van der Waals surface area contributed by atoms with Crippen molar-refractivity contribution in [2.45, 2.75) is 50.6 Å². The van der Waals surface area contributed by atoms with Crippen LogP contribution in [-0.2, 0) is 14.8 Å². The molecule has 1 saturated carbocycles. The average Bonchev–Trinajstić information content (AvgIpc) is 3.22. The second kappa shape index (κ2) is 6.18. The molecule has 1 aromatic carbocycles. The molecule has 0 spiro atoms. The van der Waals surface area contributed by atoms with Crippen LogP contribution in [0.5, 0.6) is 0 Å². The normalized spacial score (nSPS) is 16.9. The van der Waals surface area contributed by atoms with E-state index in [2.05, 4.69) is 10.0 Å². The summed E-state index contributed by atoms with van der Waals surface area (Å²) in [6.45, 7) is 5.45. The summed E-state index contributed by atoms with van der Waals surface area (Å²) in [6, 6.07) is 2.51. The summed E-state index contributed by atoms with van der Waals surface area (Å²) in [6.07, 6.45) is 1.50. The first-order chi connectivity index (χ1) is 10.5. The molecule has 0 aromatic heterocycles. The van der Waals surface area contributed by atoms with E-state index in [0.717, 1.165) is 25.0 Å². The number of hydrogen-bond acceptors (Lipinski definition) is 4. The lowest BCUT2D eigenvalue weighted by Crippen LogP contribution is -2.45. The third-order valence-corrected chi connectivity index (χ3v) is 5.14. The maximum Gasteiger partial charge on any atom is 0.243 e. The fourth-order valence-electron chi connectivity index (χ4n) is 1.88. The highest BCUT2D eigenvalue weighted by Crippen LogP contribution is 2.25. The maximum absolute atomic E-state index is 13.9. The SMILES string of the molecule is CC(C)(C)[C@H](N)C(=O)Nc1ccc(F)c(S(=O)(=O)NC2CC2)c1. The van der Waals surface area contributed by atoms with Gasteiger partial charge in [-0.1, -0.05) is 20.8 Å². The Morgan fingerprint density at radius 3 is 2.48 bits per heavy atom. The standard InChI is InChI=1S/C15H22FN3O3S/c1-15(2,3)13(17)14(20)18-10-6-7-11(16)12(8-10)23(21,22)19-9-4-5-9/h6-9,13,19H,4-5,17H2,1-3H3,(H,18,20)/t13-/m1/s1. The van der Waals surface area contributed by atoms with Crippen LogP contribution in [0.3, 0.4) is 0 Å². The van der Waals surface area contributed by atoms with Gasteiger partial charge in [-0.05, 0) is 36.5 Å². The van der Waals surface area contributed by atoms with Gasteiger partial charge in [-0.2, -0.15) is 0 Å². The van der Waals surface area contributed by atoms with E-state index in [1.807, 2.05) is 20.8 Å². The van der Waals surface area contributed by atoms with Crippen LogP contribution in [0.25, 0.3) is 0 Å². The van der Waals surface area contributed by atoms with Gasteiger partial charge in [0.25, 0.3) is 0 Å². The Balaban J connectivity index is 2.22. The molecule has 0 unspecified atom stereocenters. The fourth-order valence-corrected chi connectivity index (χ4v) is 3.29. The molecular weight excluding hydrogens is 321 g/mol. The van der Waals surface area contributed by atoms with E-state index in [9.17, 15) is 17.6 Å². The molecule has 0 heterocycles. The Morgan fingerprint density at radius 2 is 1.96 bits per heavy atom. The summed E-state index contributed by atoms with van der Waals surface area (Å²) < 4.78 is 40.6. The van der Waals surface area contributed by atoms with E-state index in [-0.39, 0.29) is 11.7 Å². The molecule has 6 nitrogen and oxygen atoms in total. The Bertz CT molecular complexity index is 709. The van der Waals surface area contributed by atoms with Gasteiger partial charge < -0.3 is 11.1 Å². The maximum atomic E-state index is 13.9. The van der Waals surface area contributed by atoms with Crippen LogP contribution in [-0.4, -0.2) is 26.4 Å². The Labute approximate surface area is 135 Å². The van der Waals surface area contributed by atoms with Crippen molar-refractivity contribution in [3.8, 4) is 0 Å². The van der Waals surface area contributed by atoms with Gasteiger partial charge in [0.2, 0.25) is 15.9 Å². The lowest BCUT2D eigenvalue weighted by atomic mass is 9.87. The number of nitrogens with one attached hydrogen (secondary N) is 2. The molecule has 0 bridgehead atoms. The zero-order valence-electron chi connectivity index (χ0n) is 13.4. The number of hydrogen-bond donors (Lipinski definition) is 3. The minimum atomic E-state index is -3.94. The lowest BCUT2D eigenvalue weighted by molar-refractivity contribution is -0.119. The first-order valence-corrected chi connectivity index (χ1v) is 8.87. The summed E-state index contributed by atoms with van der Waals surface area (Å²) in [5, 5.41) is 2.53. The zero-order valence-corrected chi connectivity index (χ0v) is 14.2. The Morgan fingerprint density at radius 1 is 1.35 bits per heavy atom. The number of carbonyl (C=O) groups is 1. The van der Waals surface area contributed by atoms with E-state index < -0.39 is 38.1 Å². The average molecular weight is 343 g/mol. The monoisotopic (exact) mass is 343 g/mol. The first kappa shape index (κ1) is 17.8. The Hall–Kier alpha value is -1.51. The van der Waals surface area contributed by atoms with Crippen molar-refractivity contribution >= 4 is 21.6 Å². The zero-order chi connectivity index (χ0) is 17.4. The molecule has 0 radical (unpaired) electrons. The van der Waals surface area contributed by atoms with Gasteiger partial charge in [-0.3, -0.25) is 4.79 Å².